The SMILES string of the molecule is N#Cc1c(F)cccc1S(=O)O. The fourth-order valence-electron chi connectivity index (χ4n) is 0.758. The van der Waals surface area contributed by atoms with E-state index in [2.05, 4.69) is 0 Å². The van der Waals surface area contributed by atoms with E-state index in [4.69, 9.17) is 9.81 Å². The molecule has 0 radical (unpaired) electrons. The lowest BCUT2D eigenvalue weighted by Crippen LogP contribution is -1.95. The van der Waals surface area contributed by atoms with Crippen molar-refractivity contribution in [1.82, 2.24) is 0 Å². The van der Waals surface area contributed by atoms with Gasteiger partial charge >= 0.3 is 0 Å². The molecule has 0 saturated carbocycles. The van der Waals surface area contributed by atoms with Gasteiger partial charge in [-0.3, -0.25) is 0 Å². The molecule has 0 saturated heterocycles. The number of halogens is 1. The molecule has 0 fully saturated rings. The van der Waals surface area contributed by atoms with Crippen molar-refractivity contribution in [3.63, 3.8) is 0 Å². The van der Waals surface area contributed by atoms with Crippen LogP contribution in [0.5, 0.6) is 0 Å². The zero-order chi connectivity index (χ0) is 9.14. The largest absolute Gasteiger partial charge is 0.302 e. The van der Waals surface area contributed by atoms with Crippen LogP contribution in [0.25, 0.3) is 0 Å². The molecule has 0 bridgehead atoms. The maximum atomic E-state index is 12.7. The highest BCUT2D eigenvalue weighted by Crippen LogP contribution is 2.14. The summed E-state index contributed by atoms with van der Waals surface area (Å²) in [5.74, 6) is -0.780. The van der Waals surface area contributed by atoms with E-state index in [1.807, 2.05) is 0 Å². The molecule has 0 amide bonds. The molecule has 3 nitrogen and oxygen atoms in total. The Morgan fingerprint density at radius 2 is 2.25 bits per heavy atom. The lowest BCUT2D eigenvalue weighted by Gasteiger charge is -1.97. The minimum atomic E-state index is -2.31. The summed E-state index contributed by atoms with van der Waals surface area (Å²) in [7, 11) is 0. The second-order valence-electron chi connectivity index (χ2n) is 1.97. The Balaban J connectivity index is 3.40. The van der Waals surface area contributed by atoms with E-state index in [1.165, 1.54) is 18.2 Å². The molecule has 5 heteroatoms. The third-order valence-corrected chi connectivity index (χ3v) is 1.99. The molecule has 0 aromatic heterocycles. The summed E-state index contributed by atoms with van der Waals surface area (Å²) in [6, 6.07) is 5.09. The second kappa shape index (κ2) is 3.43. The predicted octanol–water partition coefficient (Wildman–Crippen LogP) is 1.28. The zero-order valence-electron chi connectivity index (χ0n) is 5.82. The third kappa shape index (κ3) is 1.49. The molecule has 0 aliphatic carbocycles. The molecule has 1 aromatic carbocycles. The first kappa shape index (κ1) is 8.84. The standard InChI is InChI=1S/C7H4FNO2S/c8-6-2-1-3-7(12(10)11)5(6)4-9/h1-3H,(H,10,11). The molecule has 1 aromatic rings. The highest BCUT2D eigenvalue weighted by Gasteiger charge is 2.11. The van der Waals surface area contributed by atoms with E-state index in [0.29, 0.717) is 0 Å². The van der Waals surface area contributed by atoms with Crippen LogP contribution in [0.3, 0.4) is 0 Å². The topological polar surface area (TPSA) is 61.1 Å². The Morgan fingerprint density at radius 1 is 1.58 bits per heavy atom. The van der Waals surface area contributed by atoms with E-state index >= 15 is 0 Å². The monoisotopic (exact) mass is 185 g/mol. The third-order valence-electron chi connectivity index (χ3n) is 1.28. The van der Waals surface area contributed by atoms with E-state index in [9.17, 15) is 8.60 Å². The highest BCUT2D eigenvalue weighted by molar-refractivity contribution is 7.79. The first-order valence-corrected chi connectivity index (χ1v) is 4.07. The van der Waals surface area contributed by atoms with Crippen molar-refractivity contribution in [3.8, 4) is 6.07 Å². The Labute approximate surface area is 70.7 Å². The fraction of sp³-hybridized carbons (Fsp3) is 0. The molecule has 1 unspecified atom stereocenters. The average Bonchev–Trinajstić information content (AvgIpc) is 2.03. The minimum absolute atomic E-state index is 0.197. The number of hydrogen-bond acceptors (Lipinski definition) is 2. The van der Waals surface area contributed by atoms with Crippen LogP contribution < -0.4 is 0 Å². The Hall–Kier alpha value is -1.25. The normalized spacial score (nSPS) is 12.1. The lowest BCUT2D eigenvalue weighted by molar-refractivity contribution is 0.560. The summed E-state index contributed by atoms with van der Waals surface area (Å²) in [4.78, 5) is -0.197. The van der Waals surface area contributed by atoms with Gasteiger partial charge in [0.2, 0.25) is 0 Å². The van der Waals surface area contributed by atoms with Gasteiger partial charge in [-0.1, -0.05) is 6.07 Å². The van der Waals surface area contributed by atoms with Gasteiger partial charge in [-0.05, 0) is 12.1 Å². The smallest absolute Gasteiger partial charge is 0.187 e. The molecule has 0 spiro atoms. The van der Waals surface area contributed by atoms with Gasteiger partial charge in [-0.25, -0.2) is 8.60 Å². The second-order valence-corrected chi connectivity index (χ2v) is 2.91. The summed E-state index contributed by atoms with van der Waals surface area (Å²) in [6.07, 6.45) is 0. The molecule has 0 heterocycles. The van der Waals surface area contributed by atoms with Crippen LogP contribution >= 0.6 is 0 Å². The predicted molar refractivity (Wildman–Crippen MR) is 40.2 cm³/mol. The summed E-state index contributed by atoms with van der Waals surface area (Å²) >= 11 is -2.31. The molecule has 12 heavy (non-hydrogen) atoms. The Morgan fingerprint density at radius 3 is 2.67 bits per heavy atom. The molecule has 0 aliphatic rings. The van der Waals surface area contributed by atoms with Crippen molar-refractivity contribution in [1.29, 1.82) is 5.26 Å². The van der Waals surface area contributed by atoms with Gasteiger partial charge in [-0.2, -0.15) is 5.26 Å². The first-order chi connectivity index (χ1) is 5.66. The number of nitriles is 1. The number of nitrogens with zero attached hydrogens (tertiary/aromatic N) is 1. The quantitative estimate of drug-likeness (QED) is 0.670. The van der Waals surface area contributed by atoms with Gasteiger partial charge in [0.15, 0.2) is 11.1 Å². The Bertz CT molecular complexity index is 372. The van der Waals surface area contributed by atoms with Crippen LogP contribution in [0.15, 0.2) is 23.1 Å². The van der Waals surface area contributed by atoms with Crippen LogP contribution in [0, 0.1) is 17.1 Å². The Kier molecular flexibility index (Phi) is 2.53. The summed E-state index contributed by atoms with van der Waals surface area (Å²) in [5, 5.41) is 8.41. The van der Waals surface area contributed by atoms with Gasteiger partial charge in [0, 0.05) is 0 Å². The van der Waals surface area contributed by atoms with E-state index in [1.54, 1.807) is 0 Å². The zero-order valence-corrected chi connectivity index (χ0v) is 6.64. The van der Waals surface area contributed by atoms with Crippen molar-refractivity contribution in [2.45, 2.75) is 4.90 Å². The maximum Gasteiger partial charge on any atom is 0.187 e. The van der Waals surface area contributed by atoms with Crippen molar-refractivity contribution < 1.29 is 13.2 Å². The molecular formula is C7H4FNO2S. The van der Waals surface area contributed by atoms with Crippen molar-refractivity contribution in [2.75, 3.05) is 0 Å². The van der Waals surface area contributed by atoms with Crippen LogP contribution in [0.4, 0.5) is 4.39 Å². The van der Waals surface area contributed by atoms with Gasteiger partial charge in [0.1, 0.15) is 17.4 Å². The summed E-state index contributed by atoms with van der Waals surface area (Å²) < 4.78 is 31.9. The van der Waals surface area contributed by atoms with Gasteiger partial charge < -0.3 is 4.55 Å². The van der Waals surface area contributed by atoms with Crippen LogP contribution in [-0.4, -0.2) is 8.76 Å². The maximum absolute atomic E-state index is 12.7. The van der Waals surface area contributed by atoms with Crippen molar-refractivity contribution in [3.05, 3.63) is 29.6 Å². The number of benzene rings is 1. The van der Waals surface area contributed by atoms with Gasteiger partial charge in [0.25, 0.3) is 0 Å². The van der Waals surface area contributed by atoms with Crippen molar-refractivity contribution >= 4 is 11.1 Å². The summed E-state index contributed by atoms with van der Waals surface area (Å²) in [5.41, 5.74) is -0.377. The van der Waals surface area contributed by atoms with E-state index in [-0.39, 0.29) is 10.5 Å². The minimum Gasteiger partial charge on any atom is -0.302 e. The first-order valence-electron chi connectivity index (χ1n) is 2.96. The van der Waals surface area contributed by atoms with Gasteiger partial charge in [0.05, 0.1) is 4.90 Å². The number of rotatable bonds is 1. The number of hydrogen-bond donors (Lipinski definition) is 1. The van der Waals surface area contributed by atoms with Crippen LogP contribution in [-0.2, 0) is 11.1 Å². The van der Waals surface area contributed by atoms with Crippen LogP contribution in [0.2, 0.25) is 0 Å². The molecule has 62 valence electrons. The van der Waals surface area contributed by atoms with Crippen LogP contribution in [0.1, 0.15) is 5.56 Å². The van der Waals surface area contributed by atoms with Gasteiger partial charge in [-0.15, -0.1) is 0 Å². The molecular weight excluding hydrogens is 181 g/mol. The molecule has 1 N–H and O–H groups in total. The molecule has 1 rings (SSSR count). The van der Waals surface area contributed by atoms with E-state index < -0.39 is 16.9 Å². The average molecular weight is 185 g/mol. The van der Waals surface area contributed by atoms with Crippen molar-refractivity contribution in [2.24, 2.45) is 0 Å². The summed E-state index contributed by atoms with van der Waals surface area (Å²) in [6.45, 7) is 0. The fourth-order valence-corrected chi connectivity index (χ4v) is 1.27. The molecule has 0 aliphatic heterocycles. The highest BCUT2D eigenvalue weighted by atomic mass is 32.2. The molecule has 1 atom stereocenters. The lowest BCUT2D eigenvalue weighted by atomic mass is 10.2. The van der Waals surface area contributed by atoms with E-state index in [0.717, 1.165) is 6.07 Å².